The second-order valence-electron chi connectivity index (χ2n) is 4.38. The van der Waals surface area contributed by atoms with Crippen LogP contribution in [-0.4, -0.2) is 24.2 Å². The Morgan fingerprint density at radius 2 is 2.24 bits per heavy atom. The SMILES string of the molecule is COc1c(F)cccc1C1(C(=O)O)CC(N)C1. The quantitative estimate of drug-likeness (QED) is 0.833. The van der Waals surface area contributed by atoms with E-state index >= 15 is 0 Å². The van der Waals surface area contributed by atoms with Gasteiger partial charge in [-0.2, -0.15) is 0 Å². The van der Waals surface area contributed by atoms with Gasteiger partial charge in [0.2, 0.25) is 0 Å². The number of nitrogens with two attached hydrogens (primary N) is 1. The van der Waals surface area contributed by atoms with E-state index in [0.717, 1.165) is 0 Å². The number of hydrogen-bond acceptors (Lipinski definition) is 3. The minimum Gasteiger partial charge on any atom is -0.493 e. The van der Waals surface area contributed by atoms with Crippen molar-refractivity contribution >= 4 is 5.97 Å². The molecule has 0 aromatic heterocycles. The van der Waals surface area contributed by atoms with Crippen LogP contribution >= 0.6 is 0 Å². The molecular weight excluding hydrogens is 225 g/mol. The molecule has 0 radical (unpaired) electrons. The summed E-state index contributed by atoms with van der Waals surface area (Å²) in [4.78, 5) is 11.4. The number of methoxy groups -OCH3 is 1. The Morgan fingerprint density at radius 1 is 1.59 bits per heavy atom. The Bertz CT molecular complexity index is 455. The third-order valence-electron chi connectivity index (χ3n) is 3.32. The predicted molar refractivity (Wildman–Crippen MR) is 59.5 cm³/mol. The molecule has 0 amide bonds. The van der Waals surface area contributed by atoms with Gasteiger partial charge >= 0.3 is 5.97 Å². The van der Waals surface area contributed by atoms with Gasteiger partial charge in [-0.05, 0) is 18.9 Å². The molecule has 5 heteroatoms. The van der Waals surface area contributed by atoms with E-state index in [4.69, 9.17) is 10.5 Å². The molecule has 0 spiro atoms. The molecule has 0 bridgehead atoms. The maximum absolute atomic E-state index is 13.6. The lowest BCUT2D eigenvalue weighted by atomic mass is 9.61. The number of carboxylic acids is 1. The van der Waals surface area contributed by atoms with Crippen molar-refractivity contribution in [2.75, 3.05) is 7.11 Å². The van der Waals surface area contributed by atoms with Crippen molar-refractivity contribution < 1.29 is 19.0 Å². The fourth-order valence-corrected chi connectivity index (χ4v) is 2.44. The summed E-state index contributed by atoms with van der Waals surface area (Å²) in [5.74, 6) is -1.53. The van der Waals surface area contributed by atoms with Gasteiger partial charge in [0, 0.05) is 11.6 Å². The molecule has 0 aliphatic heterocycles. The molecule has 0 heterocycles. The van der Waals surface area contributed by atoms with Crippen molar-refractivity contribution in [3.63, 3.8) is 0 Å². The van der Waals surface area contributed by atoms with E-state index in [9.17, 15) is 14.3 Å². The zero-order valence-corrected chi connectivity index (χ0v) is 9.44. The molecule has 17 heavy (non-hydrogen) atoms. The van der Waals surface area contributed by atoms with Crippen molar-refractivity contribution in [2.24, 2.45) is 5.73 Å². The third-order valence-corrected chi connectivity index (χ3v) is 3.32. The van der Waals surface area contributed by atoms with Crippen LogP contribution in [0.4, 0.5) is 4.39 Å². The minimum absolute atomic E-state index is 0.00167. The first-order chi connectivity index (χ1) is 8.01. The summed E-state index contributed by atoms with van der Waals surface area (Å²) in [5, 5.41) is 9.33. The van der Waals surface area contributed by atoms with Crippen molar-refractivity contribution in [2.45, 2.75) is 24.3 Å². The van der Waals surface area contributed by atoms with E-state index in [1.54, 1.807) is 6.07 Å². The summed E-state index contributed by atoms with van der Waals surface area (Å²) in [6, 6.07) is 4.17. The largest absolute Gasteiger partial charge is 0.493 e. The smallest absolute Gasteiger partial charge is 0.314 e. The number of ether oxygens (including phenoxy) is 1. The molecule has 1 aromatic carbocycles. The molecule has 0 unspecified atom stereocenters. The molecule has 0 saturated heterocycles. The highest BCUT2D eigenvalue weighted by Gasteiger charge is 2.52. The fourth-order valence-electron chi connectivity index (χ4n) is 2.44. The fraction of sp³-hybridized carbons (Fsp3) is 0.417. The van der Waals surface area contributed by atoms with E-state index in [1.165, 1.54) is 19.2 Å². The van der Waals surface area contributed by atoms with Crippen LogP contribution in [0.25, 0.3) is 0 Å². The molecule has 92 valence electrons. The van der Waals surface area contributed by atoms with Gasteiger partial charge in [-0.1, -0.05) is 12.1 Å². The standard InChI is InChI=1S/C12H14FNO3/c1-17-10-8(3-2-4-9(10)13)12(11(15)16)5-7(14)6-12/h2-4,7H,5-6,14H2,1H3,(H,15,16). The highest BCUT2D eigenvalue weighted by atomic mass is 19.1. The number of aliphatic carboxylic acids is 1. The Morgan fingerprint density at radius 3 is 2.71 bits per heavy atom. The number of carboxylic acid groups (broad SMARTS) is 1. The lowest BCUT2D eigenvalue weighted by Gasteiger charge is -2.43. The Balaban J connectivity index is 2.52. The van der Waals surface area contributed by atoms with Gasteiger partial charge in [-0.3, -0.25) is 4.79 Å². The Kier molecular flexibility index (Phi) is 2.79. The number of para-hydroxylation sites is 1. The Labute approximate surface area is 98.2 Å². The lowest BCUT2D eigenvalue weighted by molar-refractivity contribution is -0.148. The van der Waals surface area contributed by atoms with Crippen LogP contribution in [0, 0.1) is 5.82 Å². The zero-order valence-electron chi connectivity index (χ0n) is 9.44. The molecule has 0 atom stereocenters. The van der Waals surface area contributed by atoms with Gasteiger partial charge in [0.05, 0.1) is 12.5 Å². The normalized spacial score (nSPS) is 27.4. The van der Waals surface area contributed by atoms with Gasteiger partial charge in [-0.15, -0.1) is 0 Å². The molecule has 3 N–H and O–H groups in total. The third kappa shape index (κ3) is 1.67. The van der Waals surface area contributed by atoms with Gasteiger partial charge in [-0.25, -0.2) is 4.39 Å². The summed E-state index contributed by atoms with van der Waals surface area (Å²) < 4.78 is 18.5. The topological polar surface area (TPSA) is 72.5 Å². The maximum Gasteiger partial charge on any atom is 0.314 e. The van der Waals surface area contributed by atoms with E-state index in [2.05, 4.69) is 0 Å². The average molecular weight is 239 g/mol. The van der Waals surface area contributed by atoms with Gasteiger partial charge < -0.3 is 15.6 Å². The number of halogens is 1. The highest BCUT2D eigenvalue weighted by molar-refractivity contribution is 5.84. The minimum atomic E-state index is -1.10. The average Bonchev–Trinajstić information content (AvgIpc) is 2.23. The summed E-state index contributed by atoms with van der Waals surface area (Å²) in [6.07, 6.45) is 0.615. The summed E-state index contributed by atoms with van der Waals surface area (Å²) in [6.45, 7) is 0. The highest BCUT2D eigenvalue weighted by Crippen LogP contribution is 2.47. The van der Waals surface area contributed by atoms with Crippen LogP contribution in [0.5, 0.6) is 5.75 Å². The van der Waals surface area contributed by atoms with Crippen LogP contribution in [0.1, 0.15) is 18.4 Å². The van der Waals surface area contributed by atoms with Crippen LogP contribution in [0.15, 0.2) is 18.2 Å². The lowest BCUT2D eigenvalue weighted by Crippen LogP contribution is -2.54. The molecule has 1 aliphatic carbocycles. The van der Waals surface area contributed by atoms with Gasteiger partial charge in [0.25, 0.3) is 0 Å². The first-order valence-electron chi connectivity index (χ1n) is 5.33. The van der Waals surface area contributed by atoms with E-state index in [1.807, 2.05) is 0 Å². The van der Waals surface area contributed by atoms with E-state index in [-0.39, 0.29) is 11.8 Å². The summed E-state index contributed by atoms with van der Waals surface area (Å²) in [5.41, 5.74) is 4.93. The number of rotatable bonds is 3. The molecule has 1 fully saturated rings. The van der Waals surface area contributed by atoms with Crippen molar-refractivity contribution in [1.29, 1.82) is 0 Å². The van der Waals surface area contributed by atoms with Crippen molar-refractivity contribution in [1.82, 2.24) is 0 Å². The monoisotopic (exact) mass is 239 g/mol. The van der Waals surface area contributed by atoms with E-state index < -0.39 is 17.2 Å². The number of hydrogen-bond donors (Lipinski definition) is 2. The Hall–Kier alpha value is -1.62. The van der Waals surface area contributed by atoms with Crippen LogP contribution < -0.4 is 10.5 Å². The van der Waals surface area contributed by atoms with Crippen LogP contribution in [-0.2, 0) is 10.2 Å². The zero-order chi connectivity index (χ0) is 12.6. The van der Waals surface area contributed by atoms with Crippen LogP contribution in [0.3, 0.4) is 0 Å². The second kappa shape index (κ2) is 4.00. The molecule has 1 saturated carbocycles. The van der Waals surface area contributed by atoms with Crippen molar-refractivity contribution in [3.05, 3.63) is 29.6 Å². The van der Waals surface area contributed by atoms with Crippen LogP contribution in [0.2, 0.25) is 0 Å². The van der Waals surface area contributed by atoms with Gasteiger partial charge in [0.15, 0.2) is 11.6 Å². The second-order valence-corrected chi connectivity index (χ2v) is 4.38. The number of carbonyl (C=O) groups is 1. The molecule has 2 rings (SSSR count). The summed E-state index contributed by atoms with van der Waals surface area (Å²) in [7, 11) is 1.33. The maximum atomic E-state index is 13.6. The molecule has 1 aliphatic rings. The summed E-state index contributed by atoms with van der Waals surface area (Å²) >= 11 is 0. The van der Waals surface area contributed by atoms with Crippen molar-refractivity contribution in [3.8, 4) is 5.75 Å². The first-order valence-corrected chi connectivity index (χ1v) is 5.33. The molecule has 4 nitrogen and oxygen atoms in total. The number of benzene rings is 1. The van der Waals surface area contributed by atoms with E-state index in [0.29, 0.717) is 18.4 Å². The first kappa shape index (κ1) is 11.9. The predicted octanol–water partition coefficient (Wildman–Crippen LogP) is 1.28. The molecule has 1 aromatic rings. The van der Waals surface area contributed by atoms with Gasteiger partial charge in [0.1, 0.15) is 0 Å². The molecular formula is C12H14FNO3.